The van der Waals surface area contributed by atoms with Gasteiger partial charge in [0.15, 0.2) is 0 Å². The van der Waals surface area contributed by atoms with Gasteiger partial charge >= 0.3 is 7.60 Å². The molecule has 0 saturated carbocycles. The maximum Gasteiger partial charge on any atom is 0.377 e. The van der Waals surface area contributed by atoms with Gasteiger partial charge in [0, 0.05) is 13.1 Å². The standard InChI is InChI=1S/C19H28NO3P/c1-3-22-24(21,23-4-2)19(20-16-9-6-10-17-20)15-11-14-18-12-7-5-8-13-18/h5,7-8,11-15H,3-4,6,9-10,16-17H2,1-2H3/b14-11+,19-15-. The average Bonchev–Trinajstić information content (AvgIpc) is 2.61. The molecule has 0 amide bonds. The van der Waals surface area contributed by atoms with Gasteiger partial charge in [-0.15, -0.1) is 0 Å². The number of hydrogen-bond donors (Lipinski definition) is 0. The second-order valence-corrected chi connectivity index (χ2v) is 7.64. The van der Waals surface area contributed by atoms with Crippen molar-refractivity contribution in [1.29, 1.82) is 0 Å². The van der Waals surface area contributed by atoms with Crippen molar-refractivity contribution >= 4 is 13.7 Å². The molecule has 1 aliphatic rings. The van der Waals surface area contributed by atoms with Crippen molar-refractivity contribution in [3.05, 3.63) is 53.5 Å². The lowest BCUT2D eigenvalue weighted by atomic mass is 10.1. The van der Waals surface area contributed by atoms with Gasteiger partial charge in [-0.2, -0.15) is 0 Å². The Bertz CT molecular complexity index is 582. The highest BCUT2D eigenvalue weighted by Crippen LogP contribution is 2.57. The quantitative estimate of drug-likeness (QED) is 0.472. The summed E-state index contributed by atoms with van der Waals surface area (Å²) < 4.78 is 24.4. The molecular formula is C19H28NO3P. The molecule has 0 spiro atoms. The van der Waals surface area contributed by atoms with Crippen LogP contribution in [0.5, 0.6) is 0 Å². The topological polar surface area (TPSA) is 38.8 Å². The highest BCUT2D eigenvalue weighted by molar-refractivity contribution is 7.58. The summed E-state index contributed by atoms with van der Waals surface area (Å²) in [4.78, 5) is 2.16. The van der Waals surface area contributed by atoms with Crippen molar-refractivity contribution in [3.63, 3.8) is 0 Å². The van der Waals surface area contributed by atoms with Gasteiger partial charge in [0.05, 0.1) is 13.2 Å². The van der Waals surface area contributed by atoms with Crippen LogP contribution in [0, 0.1) is 0 Å². The van der Waals surface area contributed by atoms with Gasteiger partial charge in [-0.25, -0.2) is 0 Å². The van der Waals surface area contributed by atoms with Crippen molar-refractivity contribution in [1.82, 2.24) is 4.90 Å². The van der Waals surface area contributed by atoms with Crippen LogP contribution in [-0.4, -0.2) is 31.2 Å². The Hall–Kier alpha value is -1.35. The number of benzene rings is 1. The number of nitrogens with zero attached hydrogens (tertiary/aromatic N) is 1. The van der Waals surface area contributed by atoms with E-state index in [0.29, 0.717) is 18.7 Å². The zero-order valence-corrected chi connectivity index (χ0v) is 15.6. The Balaban J connectivity index is 2.28. The molecule has 1 fully saturated rings. The summed E-state index contributed by atoms with van der Waals surface area (Å²) in [5, 5.41) is 0. The summed E-state index contributed by atoms with van der Waals surface area (Å²) >= 11 is 0. The minimum Gasteiger partial charge on any atom is -0.365 e. The first-order valence-corrected chi connectivity index (χ1v) is 10.3. The van der Waals surface area contributed by atoms with Crippen LogP contribution in [0.1, 0.15) is 38.7 Å². The van der Waals surface area contributed by atoms with Gasteiger partial charge in [0.25, 0.3) is 0 Å². The maximum atomic E-state index is 13.3. The maximum absolute atomic E-state index is 13.3. The van der Waals surface area contributed by atoms with E-state index in [0.717, 1.165) is 31.5 Å². The number of piperidine rings is 1. The summed E-state index contributed by atoms with van der Waals surface area (Å²) in [7, 11) is -3.28. The second-order valence-electron chi connectivity index (χ2n) is 5.68. The fourth-order valence-corrected chi connectivity index (χ4v) is 4.65. The van der Waals surface area contributed by atoms with Gasteiger partial charge < -0.3 is 13.9 Å². The molecule has 0 unspecified atom stereocenters. The molecule has 1 aliphatic heterocycles. The van der Waals surface area contributed by atoms with Crippen molar-refractivity contribution < 1.29 is 13.6 Å². The normalized spacial score (nSPS) is 16.8. The minimum atomic E-state index is -3.28. The third-order valence-electron chi connectivity index (χ3n) is 3.89. The molecule has 24 heavy (non-hydrogen) atoms. The first kappa shape index (κ1) is 19.0. The fraction of sp³-hybridized carbons (Fsp3) is 0.474. The lowest BCUT2D eigenvalue weighted by molar-refractivity contribution is 0.207. The SMILES string of the molecule is CCOP(=O)(OCC)/C(=C\C=C\c1ccccc1)N1CCCCC1. The molecule has 1 aromatic carbocycles. The molecule has 1 saturated heterocycles. The van der Waals surface area contributed by atoms with Crippen LogP contribution < -0.4 is 0 Å². The van der Waals surface area contributed by atoms with E-state index in [1.807, 2.05) is 62.4 Å². The van der Waals surface area contributed by atoms with Gasteiger partial charge in [0.2, 0.25) is 0 Å². The first-order valence-electron chi connectivity index (χ1n) is 8.77. The lowest BCUT2D eigenvalue weighted by Crippen LogP contribution is -2.29. The van der Waals surface area contributed by atoms with Crippen LogP contribution in [0.3, 0.4) is 0 Å². The highest BCUT2D eigenvalue weighted by atomic mass is 31.2. The molecule has 0 aliphatic carbocycles. The molecule has 0 N–H and O–H groups in total. The van der Waals surface area contributed by atoms with Crippen LogP contribution in [0.25, 0.3) is 6.08 Å². The predicted molar refractivity (Wildman–Crippen MR) is 99.8 cm³/mol. The lowest BCUT2D eigenvalue weighted by Gasteiger charge is -2.33. The highest BCUT2D eigenvalue weighted by Gasteiger charge is 2.33. The Morgan fingerprint density at radius 3 is 2.29 bits per heavy atom. The van der Waals surface area contributed by atoms with E-state index >= 15 is 0 Å². The van der Waals surface area contributed by atoms with E-state index in [2.05, 4.69) is 4.90 Å². The van der Waals surface area contributed by atoms with Crippen LogP contribution in [-0.2, 0) is 13.6 Å². The summed E-state index contributed by atoms with van der Waals surface area (Å²) in [5.41, 5.74) is 1.78. The molecule has 1 heterocycles. The molecule has 1 aromatic rings. The van der Waals surface area contributed by atoms with E-state index in [-0.39, 0.29) is 0 Å². The Labute approximate surface area is 145 Å². The molecule has 0 aromatic heterocycles. The molecule has 5 heteroatoms. The predicted octanol–water partition coefficient (Wildman–Crippen LogP) is 5.29. The van der Waals surface area contributed by atoms with E-state index in [1.165, 1.54) is 6.42 Å². The molecule has 0 radical (unpaired) electrons. The van der Waals surface area contributed by atoms with Gasteiger partial charge in [-0.05, 0) is 44.7 Å². The van der Waals surface area contributed by atoms with E-state index in [9.17, 15) is 4.57 Å². The Kier molecular flexibility index (Phi) is 7.77. The van der Waals surface area contributed by atoms with Gasteiger partial charge in [-0.3, -0.25) is 4.57 Å². The molecule has 0 atom stereocenters. The number of allylic oxidation sites excluding steroid dienone is 2. The average molecular weight is 349 g/mol. The molecular weight excluding hydrogens is 321 g/mol. The smallest absolute Gasteiger partial charge is 0.365 e. The molecule has 4 nitrogen and oxygen atoms in total. The Morgan fingerprint density at radius 1 is 1.08 bits per heavy atom. The zero-order chi connectivity index (χ0) is 17.3. The van der Waals surface area contributed by atoms with E-state index in [4.69, 9.17) is 9.05 Å². The fourth-order valence-electron chi connectivity index (χ4n) is 2.81. The summed E-state index contributed by atoms with van der Waals surface area (Å²) in [5.74, 6) is 0. The third kappa shape index (κ3) is 5.34. The van der Waals surface area contributed by atoms with Crippen LogP contribution in [0.15, 0.2) is 47.9 Å². The number of hydrogen-bond acceptors (Lipinski definition) is 4. The van der Waals surface area contributed by atoms with Crippen molar-refractivity contribution in [2.45, 2.75) is 33.1 Å². The van der Waals surface area contributed by atoms with Crippen molar-refractivity contribution in [2.75, 3.05) is 26.3 Å². The van der Waals surface area contributed by atoms with Crippen LogP contribution in [0.2, 0.25) is 0 Å². The summed E-state index contributed by atoms with van der Waals surface area (Å²) in [6.07, 6.45) is 9.27. The monoisotopic (exact) mass is 349 g/mol. The second kappa shape index (κ2) is 9.83. The first-order chi connectivity index (χ1) is 11.7. The summed E-state index contributed by atoms with van der Waals surface area (Å²) in [6.45, 7) is 6.22. The van der Waals surface area contributed by atoms with Crippen LogP contribution >= 0.6 is 7.60 Å². The molecule has 132 valence electrons. The van der Waals surface area contributed by atoms with Crippen molar-refractivity contribution in [3.8, 4) is 0 Å². The molecule has 0 bridgehead atoms. The van der Waals surface area contributed by atoms with Gasteiger partial charge in [0.1, 0.15) is 5.44 Å². The Morgan fingerprint density at radius 2 is 1.71 bits per heavy atom. The number of rotatable bonds is 8. The molecule has 2 rings (SSSR count). The largest absolute Gasteiger partial charge is 0.377 e. The number of likely N-dealkylation sites (tertiary alicyclic amines) is 1. The zero-order valence-electron chi connectivity index (χ0n) is 14.7. The minimum absolute atomic E-state index is 0.366. The van der Waals surface area contributed by atoms with Crippen LogP contribution in [0.4, 0.5) is 0 Å². The van der Waals surface area contributed by atoms with E-state index < -0.39 is 7.60 Å². The van der Waals surface area contributed by atoms with Gasteiger partial charge in [-0.1, -0.05) is 42.5 Å². The third-order valence-corrected chi connectivity index (χ3v) is 6.08. The van der Waals surface area contributed by atoms with Crippen molar-refractivity contribution in [2.24, 2.45) is 0 Å². The summed E-state index contributed by atoms with van der Waals surface area (Å²) in [6, 6.07) is 10.1. The van der Waals surface area contributed by atoms with E-state index in [1.54, 1.807) is 0 Å².